The highest BCUT2D eigenvalue weighted by atomic mass is 35.5. The van der Waals surface area contributed by atoms with E-state index in [1.54, 1.807) is 26.0 Å². The van der Waals surface area contributed by atoms with Crippen molar-refractivity contribution >= 4 is 40.1 Å². The Hall–Kier alpha value is -1.98. The van der Waals surface area contributed by atoms with Crippen molar-refractivity contribution in [3.63, 3.8) is 0 Å². The van der Waals surface area contributed by atoms with Crippen molar-refractivity contribution in [1.82, 2.24) is 0 Å². The van der Waals surface area contributed by atoms with Gasteiger partial charge in [0, 0.05) is 28.5 Å². The molecule has 1 aromatic carbocycles. The van der Waals surface area contributed by atoms with Crippen molar-refractivity contribution in [3.05, 3.63) is 50.3 Å². The Balaban J connectivity index is 2.38. The average Bonchev–Trinajstić information content (AvgIpc) is 2.54. The number of carbonyl (C=O) groups is 1. The molecule has 7 heteroatoms. The maximum Gasteiger partial charge on any atom is 0.339 e. The molecule has 25 heavy (non-hydrogen) atoms. The molecule has 0 fully saturated rings. The van der Waals surface area contributed by atoms with Crippen LogP contribution in [-0.2, 0) is 16.0 Å². The summed E-state index contributed by atoms with van der Waals surface area (Å²) in [6.07, 6.45) is 0.350. The lowest BCUT2D eigenvalue weighted by Crippen LogP contribution is -2.13. The largest absolute Gasteiger partial charge is 0.486 e. The van der Waals surface area contributed by atoms with E-state index in [0.29, 0.717) is 44.5 Å². The van der Waals surface area contributed by atoms with Gasteiger partial charge in [0.25, 0.3) is 0 Å². The minimum atomic E-state index is -0.496. The molecule has 0 bridgehead atoms. The fourth-order valence-corrected chi connectivity index (χ4v) is 2.68. The summed E-state index contributed by atoms with van der Waals surface area (Å²) in [5, 5.41) is 1.36. The molecule has 0 atom stereocenters. The molecular weight excluding hydrogens is 367 g/mol. The van der Waals surface area contributed by atoms with Crippen molar-refractivity contribution in [1.29, 1.82) is 0 Å². The van der Waals surface area contributed by atoms with Crippen LogP contribution in [0, 0.1) is 6.92 Å². The molecule has 0 saturated heterocycles. The minimum absolute atomic E-state index is 0.0909. The number of carbonyl (C=O) groups excluding carboxylic acids is 1. The van der Waals surface area contributed by atoms with Gasteiger partial charge in [-0.2, -0.15) is 0 Å². The van der Waals surface area contributed by atoms with Crippen LogP contribution in [0.3, 0.4) is 0 Å². The molecule has 2 aromatic rings. The fraction of sp³-hybridized carbons (Fsp3) is 0.333. The Kier molecular flexibility index (Phi) is 6.51. The van der Waals surface area contributed by atoms with Crippen LogP contribution in [0.1, 0.15) is 24.5 Å². The number of benzene rings is 1. The molecule has 0 saturated carbocycles. The predicted octanol–water partition coefficient (Wildman–Crippen LogP) is 4.38. The maximum absolute atomic E-state index is 12.3. The van der Waals surface area contributed by atoms with Crippen LogP contribution < -0.4 is 10.4 Å². The zero-order valence-electron chi connectivity index (χ0n) is 14.0. The van der Waals surface area contributed by atoms with Gasteiger partial charge < -0.3 is 13.9 Å². The fourth-order valence-electron chi connectivity index (χ4n) is 2.41. The first-order chi connectivity index (χ1) is 11.8. The van der Waals surface area contributed by atoms with Gasteiger partial charge in [-0.05, 0) is 31.9 Å². The smallest absolute Gasteiger partial charge is 0.339 e. The van der Waals surface area contributed by atoms with Crippen LogP contribution in [0.2, 0.25) is 5.02 Å². The molecule has 0 aliphatic carbocycles. The molecular formula is C18H18Cl2O5. The number of halogens is 2. The van der Waals surface area contributed by atoms with Gasteiger partial charge in [0.05, 0.1) is 11.6 Å². The van der Waals surface area contributed by atoms with Gasteiger partial charge >= 0.3 is 11.6 Å². The van der Waals surface area contributed by atoms with Crippen molar-refractivity contribution < 1.29 is 18.7 Å². The number of hydrogen-bond donors (Lipinski definition) is 0. The lowest BCUT2D eigenvalue weighted by atomic mass is 10.0. The van der Waals surface area contributed by atoms with E-state index in [9.17, 15) is 9.59 Å². The third-order valence-corrected chi connectivity index (χ3v) is 4.01. The van der Waals surface area contributed by atoms with Gasteiger partial charge in [0.15, 0.2) is 0 Å². The number of hydrogen-bond acceptors (Lipinski definition) is 5. The third kappa shape index (κ3) is 4.77. The lowest BCUT2D eigenvalue weighted by Gasteiger charge is -2.11. The molecule has 1 heterocycles. The topological polar surface area (TPSA) is 65.7 Å². The Morgan fingerprint density at radius 2 is 2.08 bits per heavy atom. The first kappa shape index (κ1) is 19.3. The summed E-state index contributed by atoms with van der Waals surface area (Å²) in [6.45, 7) is 7.45. The molecule has 0 radical (unpaired) electrons. The Morgan fingerprint density at radius 1 is 1.36 bits per heavy atom. The molecule has 1 aromatic heterocycles. The first-order valence-electron chi connectivity index (χ1n) is 7.71. The van der Waals surface area contributed by atoms with Crippen molar-refractivity contribution in [2.24, 2.45) is 0 Å². The van der Waals surface area contributed by atoms with Crippen LogP contribution >= 0.6 is 23.2 Å². The highest BCUT2D eigenvalue weighted by Crippen LogP contribution is 2.32. The normalized spacial score (nSPS) is 10.7. The molecule has 0 N–H and O–H groups in total. The first-order valence-corrected chi connectivity index (χ1v) is 8.46. The van der Waals surface area contributed by atoms with Gasteiger partial charge in [-0.1, -0.05) is 29.8 Å². The number of fused-ring (bicyclic) bond motifs is 1. The van der Waals surface area contributed by atoms with E-state index in [0.717, 1.165) is 0 Å². The molecule has 2 rings (SSSR count). The Bertz CT molecular complexity index is 870. The minimum Gasteiger partial charge on any atom is -0.486 e. The standard InChI is InChI=1S/C18H18Cl2O5/c1-4-23-17(21)6-5-12-11(3)13-7-14(20)16(24-9-10(2)19)8-15(13)25-18(12)22/h7-8H,2,4-6,9H2,1,3H3. The number of aryl methyl sites for hydroxylation is 1. The van der Waals surface area contributed by atoms with Crippen LogP contribution in [-0.4, -0.2) is 19.2 Å². The number of ether oxygens (including phenoxy) is 2. The predicted molar refractivity (Wildman–Crippen MR) is 97.7 cm³/mol. The summed E-state index contributed by atoms with van der Waals surface area (Å²) in [4.78, 5) is 23.8. The lowest BCUT2D eigenvalue weighted by molar-refractivity contribution is -0.143. The van der Waals surface area contributed by atoms with Crippen LogP contribution in [0.25, 0.3) is 11.0 Å². The quantitative estimate of drug-likeness (QED) is 0.523. The van der Waals surface area contributed by atoms with Gasteiger partial charge in [-0.25, -0.2) is 4.79 Å². The Morgan fingerprint density at radius 3 is 2.72 bits per heavy atom. The Labute approximate surface area is 155 Å². The maximum atomic E-state index is 12.3. The second-order valence-electron chi connectivity index (χ2n) is 5.38. The summed E-state index contributed by atoms with van der Waals surface area (Å²) in [6, 6.07) is 3.20. The summed E-state index contributed by atoms with van der Waals surface area (Å²) >= 11 is 11.9. The zero-order chi connectivity index (χ0) is 18.6. The molecule has 0 spiro atoms. The highest BCUT2D eigenvalue weighted by molar-refractivity contribution is 6.33. The van der Waals surface area contributed by atoms with Crippen LogP contribution in [0.15, 0.2) is 33.0 Å². The summed E-state index contributed by atoms with van der Waals surface area (Å²) in [5.41, 5.74) is 0.997. The molecule has 0 aliphatic rings. The summed E-state index contributed by atoms with van der Waals surface area (Å²) in [5.74, 6) is -0.0118. The van der Waals surface area contributed by atoms with Gasteiger partial charge in [0.1, 0.15) is 17.9 Å². The van der Waals surface area contributed by atoms with Crippen molar-refractivity contribution in [2.45, 2.75) is 26.7 Å². The highest BCUT2D eigenvalue weighted by Gasteiger charge is 2.16. The van der Waals surface area contributed by atoms with E-state index < -0.39 is 5.63 Å². The van der Waals surface area contributed by atoms with Crippen LogP contribution in [0.5, 0.6) is 5.75 Å². The number of esters is 1. The summed E-state index contributed by atoms with van der Waals surface area (Å²) < 4.78 is 15.7. The molecule has 0 amide bonds. The van der Waals surface area contributed by atoms with E-state index in [4.69, 9.17) is 37.1 Å². The second-order valence-corrected chi connectivity index (χ2v) is 6.32. The number of rotatable bonds is 7. The van der Waals surface area contributed by atoms with Gasteiger partial charge in [-0.3, -0.25) is 4.79 Å². The van der Waals surface area contributed by atoms with Crippen molar-refractivity contribution in [2.75, 3.05) is 13.2 Å². The third-order valence-electron chi connectivity index (χ3n) is 3.61. The monoisotopic (exact) mass is 384 g/mol. The van der Waals surface area contributed by atoms with Crippen LogP contribution in [0.4, 0.5) is 0 Å². The van der Waals surface area contributed by atoms with E-state index in [1.165, 1.54) is 0 Å². The SMILES string of the molecule is C=C(Cl)COc1cc2oc(=O)c(CCC(=O)OCC)c(C)c2cc1Cl. The van der Waals surface area contributed by atoms with E-state index in [1.807, 2.05) is 0 Å². The molecule has 0 aliphatic heterocycles. The summed E-state index contributed by atoms with van der Waals surface area (Å²) in [7, 11) is 0. The second kappa shape index (κ2) is 8.41. The van der Waals surface area contributed by atoms with Gasteiger partial charge in [0.2, 0.25) is 0 Å². The van der Waals surface area contributed by atoms with E-state index >= 15 is 0 Å². The molecule has 5 nitrogen and oxygen atoms in total. The van der Waals surface area contributed by atoms with E-state index in [2.05, 4.69) is 6.58 Å². The van der Waals surface area contributed by atoms with Crippen molar-refractivity contribution in [3.8, 4) is 5.75 Å². The molecule has 0 unspecified atom stereocenters. The van der Waals surface area contributed by atoms with Gasteiger partial charge in [-0.15, -0.1) is 0 Å². The zero-order valence-corrected chi connectivity index (χ0v) is 15.5. The van der Waals surface area contributed by atoms with E-state index in [-0.39, 0.29) is 25.4 Å². The molecule has 134 valence electrons. The average molecular weight is 385 g/mol.